The van der Waals surface area contributed by atoms with Crippen LogP contribution in [0.25, 0.3) is 0 Å². The molecule has 0 N–H and O–H groups in total. The first-order valence-corrected chi connectivity index (χ1v) is 12.3. The number of nitrogens with zero attached hydrogens (tertiary/aromatic N) is 3. The number of amides is 2. The summed E-state index contributed by atoms with van der Waals surface area (Å²) in [5.74, 6) is 0.335. The van der Waals surface area contributed by atoms with Gasteiger partial charge in [-0.2, -0.15) is 0 Å². The van der Waals surface area contributed by atoms with Crippen LogP contribution in [0.3, 0.4) is 0 Å². The minimum atomic E-state index is -0.513. The molecule has 2 rings (SSSR count). The molecule has 0 aliphatic heterocycles. The smallest absolute Gasteiger partial charge is 0.242 e. The Kier molecular flexibility index (Phi) is 10.0. The number of halogens is 1. The van der Waals surface area contributed by atoms with E-state index in [-0.39, 0.29) is 18.4 Å². The maximum absolute atomic E-state index is 13.4. The van der Waals surface area contributed by atoms with E-state index in [1.165, 1.54) is 0 Å². The summed E-state index contributed by atoms with van der Waals surface area (Å²) in [5.41, 5.74) is 1.58. The van der Waals surface area contributed by atoms with E-state index in [0.717, 1.165) is 29.1 Å². The summed E-state index contributed by atoms with van der Waals surface area (Å²) in [4.78, 5) is 30.1. The van der Waals surface area contributed by atoms with Gasteiger partial charge in [0.2, 0.25) is 11.8 Å². The summed E-state index contributed by atoms with van der Waals surface area (Å²) >= 11 is 6.37. The average Bonchev–Trinajstić information content (AvgIpc) is 3.17. The lowest BCUT2D eigenvalue weighted by Gasteiger charge is -2.32. The summed E-state index contributed by atoms with van der Waals surface area (Å²) in [6, 6.07) is 11.9. The van der Waals surface area contributed by atoms with E-state index < -0.39 is 5.41 Å². The predicted octanol–water partition coefficient (Wildman–Crippen LogP) is 5.85. The van der Waals surface area contributed by atoms with E-state index >= 15 is 0 Å². The Morgan fingerprint density at radius 2 is 1.76 bits per heavy atom. The zero-order valence-electron chi connectivity index (χ0n) is 21.1. The van der Waals surface area contributed by atoms with Crippen molar-refractivity contribution in [3.8, 4) is 0 Å². The topological polar surface area (TPSA) is 45.6 Å². The number of hydrogen-bond donors (Lipinski definition) is 0. The van der Waals surface area contributed by atoms with Crippen LogP contribution in [-0.4, -0.2) is 45.8 Å². The molecule has 1 aromatic carbocycles. The highest BCUT2D eigenvalue weighted by molar-refractivity contribution is 6.31. The summed E-state index contributed by atoms with van der Waals surface area (Å²) in [7, 11) is 0. The van der Waals surface area contributed by atoms with Gasteiger partial charge in [-0.1, -0.05) is 77.8 Å². The molecule has 182 valence electrons. The van der Waals surface area contributed by atoms with Crippen LogP contribution in [0.1, 0.15) is 65.6 Å². The number of aromatic nitrogens is 1. The summed E-state index contributed by atoms with van der Waals surface area (Å²) in [6.07, 6.45) is 3.89. The van der Waals surface area contributed by atoms with Crippen LogP contribution >= 0.6 is 11.6 Å². The van der Waals surface area contributed by atoms with Gasteiger partial charge in [0.05, 0.1) is 13.1 Å². The van der Waals surface area contributed by atoms with E-state index in [4.69, 9.17) is 11.6 Å². The first-order chi connectivity index (χ1) is 15.5. The molecule has 0 unspecified atom stereocenters. The normalized spacial score (nSPS) is 11.6. The van der Waals surface area contributed by atoms with Gasteiger partial charge in [0.15, 0.2) is 0 Å². The zero-order valence-corrected chi connectivity index (χ0v) is 21.9. The second-order valence-corrected chi connectivity index (χ2v) is 10.6. The fourth-order valence-electron chi connectivity index (χ4n) is 3.79. The van der Waals surface area contributed by atoms with Gasteiger partial charge in [-0.15, -0.1) is 0 Å². The van der Waals surface area contributed by atoms with Gasteiger partial charge in [0.25, 0.3) is 0 Å². The number of carbonyl (C=O) groups excluding carboxylic acids is 2. The standard InChI is InChI=1S/C27H40ClN3O2/c1-7-8-15-30(26(33)27(4,5)6)20-25(32)31(17-21(2)3)19-23-13-11-16-29(23)18-22-12-9-10-14-24(22)28/h9-14,16,21H,7-8,15,17-20H2,1-6H3. The van der Waals surface area contributed by atoms with Crippen molar-refractivity contribution in [1.29, 1.82) is 0 Å². The molecule has 0 aliphatic carbocycles. The third-order valence-electron chi connectivity index (χ3n) is 5.55. The van der Waals surface area contributed by atoms with Crippen LogP contribution in [0.4, 0.5) is 0 Å². The second kappa shape index (κ2) is 12.3. The first kappa shape index (κ1) is 27.0. The minimum absolute atomic E-state index is 0.0112. The Morgan fingerprint density at radius 1 is 1.06 bits per heavy atom. The van der Waals surface area contributed by atoms with E-state index in [1.54, 1.807) is 4.90 Å². The van der Waals surface area contributed by atoms with Gasteiger partial charge >= 0.3 is 0 Å². The van der Waals surface area contributed by atoms with Crippen LogP contribution in [0.5, 0.6) is 0 Å². The van der Waals surface area contributed by atoms with Crippen LogP contribution in [0, 0.1) is 11.3 Å². The monoisotopic (exact) mass is 473 g/mol. The summed E-state index contributed by atoms with van der Waals surface area (Å²) < 4.78 is 2.14. The molecule has 0 saturated heterocycles. The highest BCUT2D eigenvalue weighted by Gasteiger charge is 2.29. The third-order valence-corrected chi connectivity index (χ3v) is 5.92. The Morgan fingerprint density at radius 3 is 2.36 bits per heavy atom. The molecule has 0 bridgehead atoms. The van der Waals surface area contributed by atoms with Crippen molar-refractivity contribution in [3.05, 3.63) is 58.9 Å². The molecular weight excluding hydrogens is 434 g/mol. The average molecular weight is 474 g/mol. The summed E-state index contributed by atoms with van der Waals surface area (Å²) in [5, 5.41) is 0.736. The quantitative estimate of drug-likeness (QED) is 0.411. The van der Waals surface area contributed by atoms with Gasteiger partial charge in [0, 0.05) is 42.0 Å². The van der Waals surface area contributed by atoms with E-state index in [1.807, 2.05) is 68.3 Å². The van der Waals surface area contributed by atoms with Crippen molar-refractivity contribution >= 4 is 23.4 Å². The fourth-order valence-corrected chi connectivity index (χ4v) is 3.98. The Bertz CT molecular complexity index is 914. The molecule has 2 aromatic rings. The molecular formula is C27H40ClN3O2. The van der Waals surface area contributed by atoms with Gasteiger partial charge < -0.3 is 14.4 Å². The molecule has 1 aromatic heterocycles. The molecule has 6 heteroatoms. The van der Waals surface area contributed by atoms with Crippen molar-refractivity contribution in [2.45, 2.75) is 67.5 Å². The van der Waals surface area contributed by atoms with Crippen LogP contribution in [0.15, 0.2) is 42.6 Å². The molecule has 1 heterocycles. The van der Waals surface area contributed by atoms with Crippen LogP contribution in [-0.2, 0) is 22.7 Å². The SMILES string of the molecule is CCCCN(CC(=O)N(Cc1cccn1Cc1ccccc1Cl)CC(C)C)C(=O)C(C)(C)C. The molecule has 0 aliphatic rings. The highest BCUT2D eigenvalue weighted by Crippen LogP contribution is 2.20. The molecule has 0 fully saturated rings. The van der Waals surface area contributed by atoms with Crippen molar-refractivity contribution < 1.29 is 9.59 Å². The van der Waals surface area contributed by atoms with Crippen molar-refractivity contribution in [2.75, 3.05) is 19.6 Å². The lowest BCUT2D eigenvalue weighted by Crippen LogP contribution is -2.47. The second-order valence-electron chi connectivity index (χ2n) is 10.2. The molecule has 33 heavy (non-hydrogen) atoms. The number of benzene rings is 1. The molecule has 5 nitrogen and oxygen atoms in total. The molecule has 0 radical (unpaired) electrons. The predicted molar refractivity (Wildman–Crippen MR) is 136 cm³/mol. The maximum atomic E-state index is 13.4. The van der Waals surface area contributed by atoms with Crippen molar-refractivity contribution in [1.82, 2.24) is 14.4 Å². The lowest BCUT2D eigenvalue weighted by molar-refractivity contribution is -0.146. The summed E-state index contributed by atoms with van der Waals surface area (Å²) in [6.45, 7) is 14.6. The fraction of sp³-hybridized carbons (Fsp3) is 0.556. The number of hydrogen-bond acceptors (Lipinski definition) is 2. The largest absolute Gasteiger partial charge is 0.345 e. The Balaban J connectivity index is 2.20. The van der Waals surface area contributed by atoms with Crippen molar-refractivity contribution in [3.63, 3.8) is 0 Å². The zero-order chi connectivity index (χ0) is 24.6. The third kappa shape index (κ3) is 8.22. The van der Waals surface area contributed by atoms with Crippen molar-refractivity contribution in [2.24, 2.45) is 11.3 Å². The maximum Gasteiger partial charge on any atom is 0.242 e. The number of rotatable bonds is 11. The highest BCUT2D eigenvalue weighted by atomic mass is 35.5. The molecule has 2 amide bonds. The lowest BCUT2D eigenvalue weighted by atomic mass is 9.94. The van der Waals surface area contributed by atoms with E-state index in [0.29, 0.717) is 32.1 Å². The van der Waals surface area contributed by atoms with Gasteiger partial charge in [-0.05, 0) is 36.1 Å². The first-order valence-electron chi connectivity index (χ1n) is 12.0. The number of carbonyl (C=O) groups is 2. The van der Waals surface area contributed by atoms with Gasteiger partial charge in [0.1, 0.15) is 0 Å². The minimum Gasteiger partial charge on any atom is -0.345 e. The van der Waals surface area contributed by atoms with Gasteiger partial charge in [-0.3, -0.25) is 9.59 Å². The van der Waals surface area contributed by atoms with E-state index in [9.17, 15) is 9.59 Å². The van der Waals surface area contributed by atoms with E-state index in [2.05, 4.69) is 25.3 Å². The molecule has 0 atom stereocenters. The molecule has 0 saturated carbocycles. The van der Waals surface area contributed by atoms with Crippen LogP contribution in [0.2, 0.25) is 5.02 Å². The Hall–Kier alpha value is -2.27. The Labute approximate surface area is 204 Å². The van der Waals surface area contributed by atoms with Crippen LogP contribution < -0.4 is 0 Å². The number of unbranched alkanes of at least 4 members (excludes halogenated alkanes) is 1. The van der Waals surface area contributed by atoms with Gasteiger partial charge in [-0.25, -0.2) is 0 Å². The molecule has 0 spiro atoms.